The highest BCUT2D eigenvalue weighted by molar-refractivity contribution is 5.40. The molecule has 2 heterocycles. The van der Waals surface area contributed by atoms with Crippen molar-refractivity contribution in [3.05, 3.63) is 47.5 Å². The number of benzene rings is 1. The van der Waals surface area contributed by atoms with Gasteiger partial charge in [0.2, 0.25) is 0 Å². The maximum Gasteiger partial charge on any atom is 0.123 e. The molecule has 4 nitrogen and oxygen atoms in total. The molecule has 1 atom stereocenters. The summed E-state index contributed by atoms with van der Waals surface area (Å²) in [6.07, 6.45) is 5.16. The third kappa shape index (κ3) is 2.63. The Kier molecular flexibility index (Phi) is 3.25. The smallest absolute Gasteiger partial charge is 0.123 e. The summed E-state index contributed by atoms with van der Waals surface area (Å²) in [7, 11) is 1.93. The van der Waals surface area contributed by atoms with Crippen LogP contribution in [0.1, 0.15) is 16.8 Å². The van der Waals surface area contributed by atoms with Crippen LogP contribution in [-0.2, 0) is 19.5 Å². The van der Waals surface area contributed by atoms with Gasteiger partial charge in [0.15, 0.2) is 0 Å². The lowest BCUT2D eigenvalue weighted by atomic mass is 10.1. The molecule has 1 aromatic heterocycles. The molecule has 1 aliphatic heterocycles. The van der Waals surface area contributed by atoms with E-state index in [1.807, 2.05) is 13.4 Å². The summed E-state index contributed by atoms with van der Waals surface area (Å²) in [5, 5.41) is 3.10. The molecule has 0 saturated carbocycles. The van der Waals surface area contributed by atoms with Crippen LogP contribution in [0.15, 0.2) is 30.7 Å². The van der Waals surface area contributed by atoms with Gasteiger partial charge >= 0.3 is 0 Å². The highest BCUT2D eigenvalue weighted by Gasteiger charge is 2.23. The molecule has 0 fully saturated rings. The summed E-state index contributed by atoms with van der Waals surface area (Å²) < 4.78 is 8.08. The largest absolute Gasteiger partial charge is 0.488 e. The number of aromatic nitrogens is 2. The number of nitrogens with zero attached hydrogens (tertiary/aromatic N) is 2. The molecule has 0 radical (unpaired) electrons. The van der Waals surface area contributed by atoms with Gasteiger partial charge in [-0.15, -0.1) is 0 Å². The first-order valence-corrected chi connectivity index (χ1v) is 6.66. The zero-order chi connectivity index (χ0) is 13.2. The lowest BCUT2D eigenvalue weighted by molar-refractivity contribution is 0.209. The average Bonchev–Trinajstić information content (AvgIpc) is 2.96. The second-order valence-electron chi connectivity index (χ2n) is 5.15. The van der Waals surface area contributed by atoms with Gasteiger partial charge in [-0.05, 0) is 25.6 Å². The molecule has 3 rings (SSSR count). The van der Waals surface area contributed by atoms with Crippen molar-refractivity contribution in [3.8, 4) is 5.75 Å². The van der Waals surface area contributed by atoms with Crippen molar-refractivity contribution in [2.45, 2.75) is 32.5 Å². The van der Waals surface area contributed by atoms with E-state index in [2.05, 4.69) is 46.2 Å². The van der Waals surface area contributed by atoms with Crippen LogP contribution in [0, 0.1) is 6.92 Å². The van der Waals surface area contributed by atoms with E-state index in [9.17, 15) is 0 Å². The molecule has 100 valence electrons. The molecule has 2 aromatic rings. The van der Waals surface area contributed by atoms with E-state index in [1.165, 1.54) is 11.1 Å². The number of rotatable bonds is 4. The fourth-order valence-corrected chi connectivity index (χ4v) is 2.56. The lowest BCUT2D eigenvalue weighted by Gasteiger charge is -2.10. The van der Waals surface area contributed by atoms with Gasteiger partial charge in [0.1, 0.15) is 11.9 Å². The number of hydrogen-bond donors (Lipinski definition) is 1. The Hall–Kier alpha value is -1.81. The summed E-state index contributed by atoms with van der Waals surface area (Å²) in [6, 6.07) is 6.39. The Morgan fingerprint density at radius 2 is 2.37 bits per heavy atom. The predicted molar refractivity (Wildman–Crippen MR) is 74.3 cm³/mol. The monoisotopic (exact) mass is 257 g/mol. The van der Waals surface area contributed by atoms with Crippen LogP contribution in [0.4, 0.5) is 0 Å². The molecule has 0 aliphatic carbocycles. The van der Waals surface area contributed by atoms with E-state index in [0.717, 1.165) is 31.0 Å². The van der Waals surface area contributed by atoms with Crippen molar-refractivity contribution >= 4 is 0 Å². The Morgan fingerprint density at radius 1 is 1.47 bits per heavy atom. The van der Waals surface area contributed by atoms with Crippen molar-refractivity contribution in [2.24, 2.45) is 0 Å². The normalized spacial score (nSPS) is 17.3. The van der Waals surface area contributed by atoms with Gasteiger partial charge in [-0.1, -0.05) is 17.7 Å². The molecular formula is C15H19N3O. The number of ether oxygens (including phenoxy) is 1. The van der Waals surface area contributed by atoms with Crippen LogP contribution in [0.3, 0.4) is 0 Å². The second kappa shape index (κ2) is 5.05. The Labute approximate surface area is 113 Å². The van der Waals surface area contributed by atoms with Gasteiger partial charge in [-0.2, -0.15) is 0 Å². The summed E-state index contributed by atoms with van der Waals surface area (Å²) in [6.45, 7) is 3.77. The molecule has 4 heteroatoms. The zero-order valence-electron chi connectivity index (χ0n) is 11.4. The van der Waals surface area contributed by atoms with E-state index < -0.39 is 0 Å². The fraction of sp³-hybridized carbons (Fsp3) is 0.400. The van der Waals surface area contributed by atoms with Gasteiger partial charge in [-0.3, -0.25) is 0 Å². The molecule has 0 bridgehead atoms. The molecule has 1 unspecified atom stereocenters. The minimum absolute atomic E-state index is 0.216. The molecule has 1 aliphatic rings. The van der Waals surface area contributed by atoms with E-state index in [0.29, 0.717) is 0 Å². The maximum absolute atomic E-state index is 5.97. The Bertz CT molecular complexity index is 577. The molecular weight excluding hydrogens is 238 g/mol. The summed E-state index contributed by atoms with van der Waals surface area (Å²) >= 11 is 0. The van der Waals surface area contributed by atoms with Gasteiger partial charge < -0.3 is 14.6 Å². The third-order valence-electron chi connectivity index (χ3n) is 3.42. The van der Waals surface area contributed by atoms with Crippen molar-refractivity contribution in [1.82, 2.24) is 14.9 Å². The van der Waals surface area contributed by atoms with Crippen molar-refractivity contribution in [2.75, 3.05) is 7.05 Å². The van der Waals surface area contributed by atoms with Gasteiger partial charge in [0.05, 0.1) is 18.6 Å². The standard InChI is InChI=1S/C15H19N3O/c1-11-3-4-15-12(5-11)6-14(19-15)9-18-8-13(7-16-2)17-10-18/h3-5,8,10,14,16H,6-7,9H2,1-2H3. The average molecular weight is 257 g/mol. The van der Waals surface area contributed by atoms with Gasteiger partial charge in [0, 0.05) is 19.2 Å². The molecule has 0 spiro atoms. The number of nitrogens with one attached hydrogen (secondary N) is 1. The number of imidazole rings is 1. The van der Waals surface area contributed by atoms with Crippen LogP contribution in [0.5, 0.6) is 5.75 Å². The fourth-order valence-electron chi connectivity index (χ4n) is 2.56. The lowest BCUT2D eigenvalue weighted by Crippen LogP contribution is -2.19. The minimum atomic E-state index is 0.216. The van der Waals surface area contributed by atoms with Crippen LogP contribution in [0.2, 0.25) is 0 Å². The molecule has 0 amide bonds. The second-order valence-corrected chi connectivity index (χ2v) is 5.15. The first-order chi connectivity index (χ1) is 9.24. The molecule has 0 saturated heterocycles. The summed E-state index contributed by atoms with van der Waals surface area (Å²) in [4.78, 5) is 4.36. The zero-order valence-corrected chi connectivity index (χ0v) is 11.4. The number of hydrogen-bond acceptors (Lipinski definition) is 3. The Balaban J connectivity index is 1.66. The first-order valence-electron chi connectivity index (χ1n) is 6.66. The van der Waals surface area contributed by atoms with E-state index in [4.69, 9.17) is 4.74 Å². The Morgan fingerprint density at radius 3 is 3.21 bits per heavy atom. The van der Waals surface area contributed by atoms with E-state index >= 15 is 0 Å². The topological polar surface area (TPSA) is 39.1 Å². The van der Waals surface area contributed by atoms with Crippen LogP contribution >= 0.6 is 0 Å². The van der Waals surface area contributed by atoms with Crippen molar-refractivity contribution in [3.63, 3.8) is 0 Å². The van der Waals surface area contributed by atoms with E-state index in [1.54, 1.807) is 0 Å². The summed E-state index contributed by atoms with van der Waals surface area (Å²) in [5.74, 6) is 1.03. The SMILES string of the molecule is CNCc1cn(CC2Cc3cc(C)ccc3O2)cn1. The highest BCUT2D eigenvalue weighted by atomic mass is 16.5. The maximum atomic E-state index is 5.97. The number of aryl methyl sites for hydroxylation is 1. The molecule has 1 N–H and O–H groups in total. The van der Waals surface area contributed by atoms with Crippen LogP contribution in [0.25, 0.3) is 0 Å². The van der Waals surface area contributed by atoms with E-state index in [-0.39, 0.29) is 6.10 Å². The first kappa shape index (κ1) is 12.2. The summed E-state index contributed by atoms with van der Waals surface area (Å²) in [5.41, 5.74) is 3.68. The predicted octanol–water partition coefficient (Wildman–Crippen LogP) is 1.91. The minimum Gasteiger partial charge on any atom is -0.488 e. The van der Waals surface area contributed by atoms with Crippen LogP contribution < -0.4 is 10.1 Å². The van der Waals surface area contributed by atoms with Crippen LogP contribution in [-0.4, -0.2) is 22.7 Å². The van der Waals surface area contributed by atoms with Crippen molar-refractivity contribution in [1.29, 1.82) is 0 Å². The third-order valence-corrected chi connectivity index (χ3v) is 3.42. The molecule has 1 aromatic carbocycles. The van der Waals surface area contributed by atoms with Gasteiger partial charge in [0.25, 0.3) is 0 Å². The quantitative estimate of drug-likeness (QED) is 0.909. The molecule has 19 heavy (non-hydrogen) atoms. The van der Waals surface area contributed by atoms with Gasteiger partial charge in [-0.25, -0.2) is 4.98 Å². The van der Waals surface area contributed by atoms with Crippen molar-refractivity contribution < 1.29 is 4.74 Å². The number of fused-ring (bicyclic) bond motifs is 1. The highest BCUT2D eigenvalue weighted by Crippen LogP contribution is 2.30.